The largest absolute Gasteiger partial charge is 0.350 e. The molecule has 0 bridgehead atoms. The quantitative estimate of drug-likeness (QED) is 0.587. The molecule has 1 heterocycles. The van der Waals surface area contributed by atoms with Gasteiger partial charge in [0.15, 0.2) is 0 Å². The molecule has 1 aromatic carbocycles. The normalized spacial score (nSPS) is 13.3. The number of hydrogen-bond donors (Lipinski definition) is 2. The lowest BCUT2D eigenvalue weighted by molar-refractivity contribution is 0.569. The van der Waals surface area contributed by atoms with Crippen molar-refractivity contribution in [1.29, 1.82) is 0 Å². The van der Waals surface area contributed by atoms with Gasteiger partial charge in [-0.2, -0.15) is 0 Å². The van der Waals surface area contributed by atoms with Crippen molar-refractivity contribution in [3.05, 3.63) is 36.0 Å². The number of hydrogen-bond acceptors (Lipinski definition) is 2. The average molecular weight is 203 g/mol. The molecule has 0 saturated carbocycles. The lowest BCUT2D eigenvalue weighted by Crippen LogP contribution is -2.33. The molecule has 1 aromatic heterocycles. The van der Waals surface area contributed by atoms with Crippen molar-refractivity contribution in [2.24, 2.45) is 12.9 Å². The van der Waals surface area contributed by atoms with Crippen molar-refractivity contribution in [1.82, 2.24) is 9.99 Å². The van der Waals surface area contributed by atoms with Crippen LogP contribution in [0.5, 0.6) is 0 Å². The first-order valence-electron chi connectivity index (χ1n) is 5.21. The van der Waals surface area contributed by atoms with Gasteiger partial charge in [0.1, 0.15) is 0 Å². The van der Waals surface area contributed by atoms with Crippen LogP contribution < -0.4 is 11.3 Å². The lowest BCUT2D eigenvalue weighted by Gasteiger charge is -2.08. The van der Waals surface area contributed by atoms with E-state index in [-0.39, 0.29) is 0 Å². The first-order valence-corrected chi connectivity index (χ1v) is 5.21. The number of nitrogens with two attached hydrogens (primary N) is 1. The Bertz CT molecular complexity index is 459. The second-order valence-corrected chi connectivity index (χ2v) is 4.05. The topological polar surface area (TPSA) is 43.0 Å². The Morgan fingerprint density at radius 3 is 2.87 bits per heavy atom. The maximum atomic E-state index is 5.41. The smallest absolute Gasteiger partial charge is 0.0480 e. The summed E-state index contributed by atoms with van der Waals surface area (Å²) < 4.78 is 2.16. The highest BCUT2D eigenvalue weighted by Gasteiger charge is 2.08. The van der Waals surface area contributed by atoms with Gasteiger partial charge in [-0.1, -0.05) is 18.2 Å². The summed E-state index contributed by atoms with van der Waals surface area (Å²) in [6.45, 7) is 2.09. The number of nitrogens with one attached hydrogen (secondary N) is 1. The van der Waals surface area contributed by atoms with E-state index >= 15 is 0 Å². The summed E-state index contributed by atoms with van der Waals surface area (Å²) in [5.74, 6) is 5.41. The van der Waals surface area contributed by atoms with Crippen LogP contribution >= 0.6 is 0 Å². The molecule has 80 valence electrons. The molecule has 1 atom stereocenters. The number of nitrogens with zero attached hydrogens (tertiary/aromatic N) is 1. The molecule has 2 aromatic rings. The fourth-order valence-electron chi connectivity index (χ4n) is 1.98. The van der Waals surface area contributed by atoms with Crippen LogP contribution in [0.25, 0.3) is 10.9 Å². The standard InChI is InChI=1S/C12H17N3/c1-9(14-13)7-10-8-15(2)12-6-4-3-5-11(10)12/h3-6,8-9,14H,7,13H2,1-2H3. The third kappa shape index (κ3) is 1.89. The lowest BCUT2D eigenvalue weighted by atomic mass is 10.1. The Labute approximate surface area is 89.9 Å². The van der Waals surface area contributed by atoms with Crippen molar-refractivity contribution in [2.75, 3.05) is 0 Å². The second kappa shape index (κ2) is 4.04. The molecule has 0 saturated heterocycles. The highest BCUT2D eigenvalue weighted by Crippen LogP contribution is 2.21. The van der Waals surface area contributed by atoms with Crippen molar-refractivity contribution < 1.29 is 0 Å². The van der Waals surface area contributed by atoms with Crippen LogP contribution in [0.2, 0.25) is 0 Å². The van der Waals surface area contributed by atoms with Gasteiger partial charge in [-0.3, -0.25) is 11.3 Å². The SMILES string of the molecule is CC(Cc1cn(C)c2ccccc12)NN. The van der Waals surface area contributed by atoms with Crippen LogP contribution in [0, 0.1) is 0 Å². The molecule has 0 spiro atoms. The predicted octanol–water partition coefficient (Wildman–Crippen LogP) is 1.57. The Morgan fingerprint density at radius 2 is 2.13 bits per heavy atom. The number of aromatic nitrogens is 1. The van der Waals surface area contributed by atoms with E-state index in [9.17, 15) is 0 Å². The molecular weight excluding hydrogens is 186 g/mol. The first-order chi connectivity index (χ1) is 7.22. The van der Waals surface area contributed by atoms with Crippen LogP contribution in [0.15, 0.2) is 30.5 Å². The number of aryl methyl sites for hydroxylation is 1. The Hall–Kier alpha value is -1.32. The molecule has 0 aliphatic heterocycles. The Kier molecular flexibility index (Phi) is 2.75. The minimum atomic E-state index is 0.302. The monoisotopic (exact) mass is 203 g/mol. The zero-order valence-corrected chi connectivity index (χ0v) is 9.20. The summed E-state index contributed by atoms with van der Waals surface area (Å²) in [5, 5.41) is 1.32. The number of hydrazine groups is 1. The zero-order valence-electron chi connectivity index (χ0n) is 9.20. The predicted molar refractivity (Wildman–Crippen MR) is 63.4 cm³/mol. The number of fused-ring (bicyclic) bond motifs is 1. The molecular formula is C12H17N3. The van der Waals surface area contributed by atoms with Crippen molar-refractivity contribution in [3.63, 3.8) is 0 Å². The van der Waals surface area contributed by atoms with Gasteiger partial charge in [0, 0.05) is 30.2 Å². The van der Waals surface area contributed by atoms with Crippen molar-refractivity contribution in [3.8, 4) is 0 Å². The van der Waals surface area contributed by atoms with Gasteiger partial charge in [-0.15, -0.1) is 0 Å². The van der Waals surface area contributed by atoms with Gasteiger partial charge in [-0.05, 0) is 25.0 Å². The summed E-state index contributed by atoms with van der Waals surface area (Å²) in [5.41, 5.74) is 5.40. The molecule has 3 heteroatoms. The number of benzene rings is 1. The molecule has 3 N–H and O–H groups in total. The minimum Gasteiger partial charge on any atom is -0.350 e. The summed E-state index contributed by atoms with van der Waals surface area (Å²) in [7, 11) is 2.08. The van der Waals surface area contributed by atoms with E-state index in [2.05, 4.69) is 54.4 Å². The van der Waals surface area contributed by atoms with Gasteiger partial charge in [-0.25, -0.2) is 0 Å². The number of rotatable bonds is 3. The van der Waals surface area contributed by atoms with Crippen molar-refractivity contribution >= 4 is 10.9 Å². The van der Waals surface area contributed by atoms with Crippen LogP contribution in [-0.4, -0.2) is 10.6 Å². The third-order valence-corrected chi connectivity index (χ3v) is 2.79. The van der Waals surface area contributed by atoms with Crippen LogP contribution in [-0.2, 0) is 13.5 Å². The van der Waals surface area contributed by atoms with Gasteiger partial charge in [0.25, 0.3) is 0 Å². The third-order valence-electron chi connectivity index (χ3n) is 2.79. The Balaban J connectivity index is 2.43. The van der Waals surface area contributed by atoms with Crippen LogP contribution in [0.1, 0.15) is 12.5 Å². The van der Waals surface area contributed by atoms with E-state index in [4.69, 9.17) is 5.84 Å². The fourth-order valence-corrected chi connectivity index (χ4v) is 1.98. The zero-order chi connectivity index (χ0) is 10.8. The first kappa shape index (κ1) is 10.2. The molecule has 0 fully saturated rings. The molecule has 2 rings (SSSR count). The van der Waals surface area contributed by atoms with E-state index < -0.39 is 0 Å². The summed E-state index contributed by atoms with van der Waals surface area (Å²) >= 11 is 0. The van der Waals surface area contributed by atoms with Gasteiger partial charge >= 0.3 is 0 Å². The molecule has 0 radical (unpaired) electrons. The van der Waals surface area contributed by atoms with Gasteiger partial charge in [0.05, 0.1) is 0 Å². The Morgan fingerprint density at radius 1 is 1.40 bits per heavy atom. The molecule has 0 aliphatic rings. The van der Waals surface area contributed by atoms with Gasteiger partial charge < -0.3 is 4.57 Å². The van der Waals surface area contributed by atoms with E-state index in [1.165, 1.54) is 16.5 Å². The van der Waals surface area contributed by atoms with E-state index in [1.54, 1.807) is 0 Å². The highest BCUT2D eigenvalue weighted by atomic mass is 15.2. The molecule has 0 amide bonds. The minimum absolute atomic E-state index is 0.302. The molecule has 15 heavy (non-hydrogen) atoms. The fraction of sp³-hybridized carbons (Fsp3) is 0.333. The summed E-state index contributed by atoms with van der Waals surface area (Å²) in [6, 6.07) is 8.74. The van der Waals surface area contributed by atoms with Crippen LogP contribution in [0.3, 0.4) is 0 Å². The van der Waals surface area contributed by atoms with Crippen LogP contribution in [0.4, 0.5) is 0 Å². The maximum Gasteiger partial charge on any atom is 0.0480 e. The average Bonchev–Trinajstić information content (AvgIpc) is 2.57. The van der Waals surface area contributed by atoms with Crippen molar-refractivity contribution in [2.45, 2.75) is 19.4 Å². The molecule has 1 unspecified atom stereocenters. The molecule has 0 aliphatic carbocycles. The summed E-state index contributed by atoms with van der Waals surface area (Å²) in [6.07, 6.45) is 3.14. The van der Waals surface area contributed by atoms with Gasteiger partial charge in [0.2, 0.25) is 0 Å². The molecule has 3 nitrogen and oxygen atoms in total. The summed E-state index contributed by atoms with van der Waals surface area (Å²) in [4.78, 5) is 0. The maximum absolute atomic E-state index is 5.41. The van der Waals surface area contributed by atoms with E-state index in [0.717, 1.165) is 6.42 Å². The highest BCUT2D eigenvalue weighted by molar-refractivity contribution is 5.83. The second-order valence-electron chi connectivity index (χ2n) is 4.05. The van der Waals surface area contributed by atoms with E-state index in [0.29, 0.717) is 6.04 Å². The van der Waals surface area contributed by atoms with E-state index in [1.807, 2.05) is 0 Å². The number of para-hydroxylation sites is 1.